The lowest BCUT2D eigenvalue weighted by Crippen LogP contribution is -2.35. The van der Waals surface area contributed by atoms with Gasteiger partial charge in [-0.05, 0) is 12.1 Å². The standard InChI is InChI=1S/C10H15N3O.2ClH/c11-9-1-2-10(12-7-9)8-13-3-5-14-6-4-13;;/h1-2,7H,3-6,8,11H2;2*1H. The molecule has 4 nitrogen and oxygen atoms in total. The van der Waals surface area contributed by atoms with Crippen LogP contribution in [-0.4, -0.2) is 36.2 Å². The van der Waals surface area contributed by atoms with Gasteiger partial charge in [0.1, 0.15) is 0 Å². The van der Waals surface area contributed by atoms with Gasteiger partial charge in [-0.3, -0.25) is 9.88 Å². The number of ether oxygens (including phenoxy) is 1. The first-order valence-corrected chi connectivity index (χ1v) is 4.85. The molecule has 1 aliphatic heterocycles. The highest BCUT2D eigenvalue weighted by Crippen LogP contribution is 2.06. The van der Waals surface area contributed by atoms with Crippen molar-refractivity contribution in [3.05, 3.63) is 24.0 Å². The molecule has 0 spiro atoms. The third-order valence-electron chi connectivity index (χ3n) is 2.34. The van der Waals surface area contributed by atoms with Crippen LogP contribution in [0.5, 0.6) is 0 Å². The summed E-state index contributed by atoms with van der Waals surface area (Å²) in [6.45, 7) is 4.53. The second-order valence-electron chi connectivity index (χ2n) is 3.47. The van der Waals surface area contributed by atoms with Gasteiger partial charge in [-0.2, -0.15) is 0 Å². The Morgan fingerprint density at radius 2 is 1.94 bits per heavy atom. The van der Waals surface area contributed by atoms with Crippen LogP contribution in [0.25, 0.3) is 0 Å². The molecule has 1 aliphatic rings. The highest BCUT2D eigenvalue weighted by atomic mass is 35.5. The van der Waals surface area contributed by atoms with Crippen molar-refractivity contribution < 1.29 is 4.74 Å². The fraction of sp³-hybridized carbons (Fsp3) is 0.500. The van der Waals surface area contributed by atoms with Gasteiger partial charge in [0.2, 0.25) is 0 Å². The van der Waals surface area contributed by atoms with E-state index in [0.717, 1.165) is 44.2 Å². The highest BCUT2D eigenvalue weighted by Gasteiger charge is 2.10. The number of nitrogens with two attached hydrogens (primary N) is 1. The van der Waals surface area contributed by atoms with Gasteiger partial charge >= 0.3 is 0 Å². The number of anilines is 1. The van der Waals surface area contributed by atoms with Crippen LogP contribution < -0.4 is 5.73 Å². The summed E-state index contributed by atoms with van der Waals surface area (Å²) < 4.78 is 5.27. The lowest BCUT2D eigenvalue weighted by atomic mass is 10.3. The lowest BCUT2D eigenvalue weighted by Gasteiger charge is -2.26. The lowest BCUT2D eigenvalue weighted by molar-refractivity contribution is 0.0336. The van der Waals surface area contributed by atoms with E-state index in [2.05, 4.69) is 9.88 Å². The van der Waals surface area contributed by atoms with E-state index in [0.29, 0.717) is 0 Å². The molecule has 0 aromatic carbocycles. The number of morpholine rings is 1. The summed E-state index contributed by atoms with van der Waals surface area (Å²) in [5, 5.41) is 0. The molecule has 1 aromatic heterocycles. The predicted octanol–water partition coefficient (Wildman–Crippen LogP) is 1.34. The van der Waals surface area contributed by atoms with E-state index in [1.807, 2.05) is 12.1 Å². The Bertz CT molecular complexity index is 289. The molecule has 92 valence electrons. The molecule has 16 heavy (non-hydrogen) atoms. The van der Waals surface area contributed by atoms with Crippen molar-refractivity contribution in [2.24, 2.45) is 0 Å². The topological polar surface area (TPSA) is 51.4 Å². The smallest absolute Gasteiger partial charge is 0.0594 e. The Morgan fingerprint density at radius 3 is 2.50 bits per heavy atom. The fourth-order valence-electron chi connectivity index (χ4n) is 1.52. The van der Waals surface area contributed by atoms with E-state index in [-0.39, 0.29) is 24.8 Å². The molecular weight excluding hydrogens is 249 g/mol. The number of pyridine rings is 1. The van der Waals surface area contributed by atoms with Gasteiger partial charge in [-0.15, -0.1) is 24.8 Å². The van der Waals surface area contributed by atoms with Gasteiger partial charge in [0.15, 0.2) is 0 Å². The van der Waals surface area contributed by atoms with E-state index >= 15 is 0 Å². The zero-order valence-corrected chi connectivity index (χ0v) is 10.6. The van der Waals surface area contributed by atoms with E-state index in [4.69, 9.17) is 10.5 Å². The minimum absolute atomic E-state index is 0. The molecule has 2 N–H and O–H groups in total. The molecule has 0 radical (unpaired) electrons. The fourth-order valence-corrected chi connectivity index (χ4v) is 1.52. The number of hydrogen-bond acceptors (Lipinski definition) is 4. The van der Waals surface area contributed by atoms with E-state index < -0.39 is 0 Å². The first kappa shape index (κ1) is 15.4. The Balaban J connectivity index is 0.00000112. The molecule has 6 heteroatoms. The second kappa shape index (κ2) is 7.68. The van der Waals surface area contributed by atoms with Gasteiger partial charge in [0.05, 0.1) is 30.8 Å². The van der Waals surface area contributed by atoms with Crippen molar-refractivity contribution in [1.29, 1.82) is 0 Å². The summed E-state index contributed by atoms with van der Waals surface area (Å²) in [7, 11) is 0. The van der Waals surface area contributed by atoms with Crippen molar-refractivity contribution >= 4 is 30.5 Å². The maximum Gasteiger partial charge on any atom is 0.0594 e. The van der Waals surface area contributed by atoms with Gasteiger partial charge in [-0.25, -0.2) is 0 Å². The van der Waals surface area contributed by atoms with Crippen LogP contribution in [0, 0.1) is 0 Å². The average Bonchev–Trinajstić information content (AvgIpc) is 2.23. The maximum absolute atomic E-state index is 5.56. The summed E-state index contributed by atoms with van der Waals surface area (Å²) in [4.78, 5) is 6.60. The normalized spacial score (nSPS) is 16.0. The van der Waals surface area contributed by atoms with Crippen molar-refractivity contribution in [1.82, 2.24) is 9.88 Å². The summed E-state index contributed by atoms with van der Waals surface area (Å²) in [5.74, 6) is 0. The molecule has 0 atom stereocenters. The Hall–Kier alpha value is -0.550. The van der Waals surface area contributed by atoms with E-state index in [1.54, 1.807) is 6.20 Å². The van der Waals surface area contributed by atoms with Crippen LogP contribution in [-0.2, 0) is 11.3 Å². The zero-order valence-electron chi connectivity index (χ0n) is 8.96. The van der Waals surface area contributed by atoms with Crippen molar-refractivity contribution in [3.63, 3.8) is 0 Å². The number of rotatable bonds is 2. The SMILES string of the molecule is Cl.Cl.Nc1ccc(CN2CCOCC2)nc1. The molecule has 0 saturated carbocycles. The molecule has 0 unspecified atom stereocenters. The quantitative estimate of drug-likeness (QED) is 0.877. The number of nitrogen functional groups attached to an aromatic ring is 1. The second-order valence-corrected chi connectivity index (χ2v) is 3.47. The van der Waals surface area contributed by atoms with Gasteiger partial charge in [0, 0.05) is 19.6 Å². The average molecular weight is 266 g/mol. The Kier molecular flexibility index (Phi) is 7.42. The van der Waals surface area contributed by atoms with Crippen LogP contribution in [0.1, 0.15) is 5.69 Å². The first-order chi connectivity index (χ1) is 6.84. The van der Waals surface area contributed by atoms with Crippen LogP contribution in [0.4, 0.5) is 5.69 Å². The molecule has 0 amide bonds. The molecular formula is C10H17Cl2N3O. The molecule has 2 rings (SSSR count). The highest BCUT2D eigenvalue weighted by molar-refractivity contribution is 5.85. The zero-order chi connectivity index (χ0) is 9.80. The molecule has 0 aliphatic carbocycles. The molecule has 1 aromatic rings. The summed E-state index contributed by atoms with van der Waals surface area (Å²) >= 11 is 0. The minimum Gasteiger partial charge on any atom is -0.397 e. The number of halogens is 2. The van der Waals surface area contributed by atoms with Crippen molar-refractivity contribution in [2.75, 3.05) is 32.0 Å². The Labute approximate surface area is 108 Å². The number of nitrogens with zero attached hydrogens (tertiary/aromatic N) is 2. The number of aromatic nitrogens is 1. The molecule has 2 heterocycles. The van der Waals surface area contributed by atoms with Crippen molar-refractivity contribution in [3.8, 4) is 0 Å². The van der Waals surface area contributed by atoms with Crippen LogP contribution in [0.3, 0.4) is 0 Å². The summed E-state index contributed by atoms with van der Waals surface area (Å²) in [6, 6.07) is 3.87. The van der Waals surface area contributed by atoms with Crippen LogP contribution in [0.2, 0.25) is 0 Å². The maximum atomic E-state index is 5.56. The van der Waals surface area contributed by atoms with E-state index in [9.17, 15) is 0 Å². The summed E-state index contributed by atoms with van der Waals surface area (Å²) in [5.41, 5.74) is 7.35. The third kappa shape index (κ3) is 4.53. The molecule has 1 saturated heterocycles. The molecule has 1 fully saturated rings. The largest absolute Gasteiger partial charge is 0.397 e. The van der Waals surface area contributed by atoms with Gasteiger partial charge in [-0.1, -0.05) is 0 Å². The van der Waals surface area contributed by atoms with Crippen molar-refractivity contribution in [2.45, 2.75) is 6.54 Å². The summed E-state index contributed by atoms with van der Waals surface area (Å²) in [6.07, 6.45) is 1.70. The predicted molar refractivity (Wildman–Crippen MR) is 69.2 cm³/mol. The first-order valence-electron chi connectivity index (χ1n) is 4.85. The van der Waals surface area contributed by atoms with Gasteiger partial charge < -0.3 is 10.5 Å². The van der Waals surface area contributed by atoms with E-state index in [1.165, 1.54) is 0 Å². The van der Waals surface area contributed by atoms with Crippen LogP contribution >= 0.6 is 24.8 Å². The molecule has 0 bridgehead atoms. The van der Waals surface area contributed by atoms with Gasteiger partial charge in [0.25, 0.3) is 0 Å². The Morgan fingerprint density at radius 1 is 1.25 bits per heavy atom. The van der Waals surface area contributed by atoms with Crippen LogP contribution in [0.15, 0.2) is 18.3 Å². The monoisotopic (exact) mass is 265 g/mol. The minimum atomic E-state index is 0. The third-order valence-corrected chi connectivity index (χ3v) is 2.34. The number of hydrogen-bond donors (Lipinski definition) is 1.